The minimum atomic E-state index is -1.31. The highest BCUT2D eigenvalue weighted by Gasteiger charge is 2.41. The number of hydrogen-bond acceptors (Lipinski definition) is 8. The highest BCUT2D eigenvalue weighted by Crippen LogP contribution is 2.42. The lowest BCUT2D eigenvalue weighted by Crippen LogP contribution is -1.93. The average molecular weight is 235 g/mol. The van der Waals surface area contributed by atoms with E-state index in [1.165, 1.54) is 0 Å². The zero-order valence-electron chi connectivity index (χ0n) is 6.65. The van der Waals surface area contributed by atoms with E-state index < -0.39 is 37.1 Å². The van der Waals surface area contributed by atoms with Gasteiger partial charge in [-0.2, -0.15) is 0 Å². The number of nitrogens with zero attached hydrogens (tertiary/aromatic N) is 3. The molecule has 11 heteroatoms. The summed E-state index contributed by atoms with van der Waals surface area (Å²) in [6.45, 7) is 0. The molecule has 0 saturated heterocycles. The van der Waals surface area contributed by atoms with Crippen molar-refractivity contribution in [3.63, 3.8) is 0 Å². The van der Waals surface area contributed by atoms with Gasteiger partial charge in [0, 0.05) is 0 Å². The van der Waals surface area contributed by atoms with Crippen molar-refractivity contribution in [2.45, 2.75) is 4.90 Å². The maximum Gasteiger partial charge on any atom is 0.518 e. The topological polar surface area (TPSA) is 143 Å². The summed E-state index contributed by atoms with van der Waals surface area (Å²) in [5.41, 5.74) is -1.13. The summed E-state index contributed by atoms with van der Waals surface area (Å²) in [6, 6.07) is 0. The molecule has 1 rings (SSSR count). The third-order valence-corrected chi connectivity index (χ3v) is 1.74. The maximum absolute atomic E-state index is 10.4. The molecule has 10 nitrogen and oxygen atoms in total. The standard InChI is InChI=1S/C4HN3O7S/c8-5(9)1-2(15)4(7(12)13)14-3(1)6(10)11/h15H. The van der Waals surface area contributed by atoms with Crippen LogP contribution in [0.3, 0.4) is 0 Å². The number of thiol groups is 1. The van der Waals surface area contributed by atoms with Crippen molar-refractivity contribution in [3.8, 4) is 0 Å². The molecule has 80 valence electrons. The van der Waals surface area contributed by atoms with Gasteiger partial charge in [-0.1, -0.05) is 0 Å². The van der Waals surface area contributed by atoms with Crippen LogP contribution in [0.15, 0.2) is 9.31 Å². The lowest BCUT2D eigenvalue weighted by Gasteiger charge is -1.84. The highest BCUT2D eigenvalue weighted by atomic mass is 32.1. The normalized spacial score (nSPS) is 9.93. The predicted octanol–water partition coefficient (Wildman–Crippen LogP) is 1.29. The van der Waals surface area contributed by atoms with Gasteiger partial charge >= 0.3 is 17.5 Å². The first-order chi connectivity index (χ1) is 6.86. The minimum absolute atomic E-state index is 0.781. The van der Waals surface area contributed by atoms with Crippen molar-refractivity contribution in [2.75, 3.05) is 0 Å². The second kappa shape index (κ2) is 3.53. The first kappa shape index (κ1) is 10.9. The molecule has 0 aliphatic rings. The van der Waals surface area contributed by atoms with Crippen molar-refractivity contribution in [3.05, 3.63) is 30.3 Å². The van der Waals surface area contributed by atoms with E-state index in [0.717, 1.165) is 0 Å². The van der Waals surface area contributed by atoms with Gasteiger partial charge in [-0.15, -0.1) is 12.6 Å². The van der Waals surface area contributed by atoms with Crippen molar-refractivity contribution in [1.82, 2.24) is 0 Å². The van der Waals surface area contributed by atoms with E-state index in [-0.39, 0.29) is 0 Å². The smallest absolute Gasteiger partial charge is 0.334 e. The van der Waals surface area contributed by atoms with Gasteiger partial charge in [-0.3, -0.25) is 30.3 Å². The molecule has 0 saturated carbocycles. The van der Waals surface area contributed by atoms with E-state index in [1.807, 2.05) is 0 Å². The Labute approximate surface area is 85.3 Å². The second-order valence-corrected chi connectivity index (χ2v) is 2.63. The molecule has 0 aliphatic heterocycles. The molecule has 0 aromatic carbocycles. The van der Waals surface area contributed by atoms with Gasteiger partial charge in [-0.05, 0) is 0 Å². The van der Waals surface area contributed by atoms with E-state index in [9.17, 15) is 30.3 Å². The van der Waals surface area contributed by atoms with Crippen molar-refractivity contribution in [1.29, 1.82) is 0 Å². The average Bonchev–Trinajstić information content (AvgIpc) is 2.42. The van der Waals surface area contributed by atoms with Crippen LogP contribution in [-0.4, -0.2) is 14.8 Å². The molecule has 0 unspecified atom stereocenters. The summed E-state index contributed by atoms with van der Waals surface area (Å²) in [7, 11) is 0. The van der Waals surface area contributed by atoms with Crippen LogP contribution in [0.5, 0.6) is 0 Å². The van der Waals surface area contributed by atoms with E-state index in [1.54, 1.807) is 0 Å². The fourth-order valence-corrected chi connectivity index (χ4v) is 1.11. The summed E-state index contributed by atoms with van der Waals surface area (Å²) in [6.07, 6.45) is 0. The van der Waals surface area contributed by atoms with Crippen LogP contribution in [0.4, 0.5) is 17.5 Å². The Bertz CT molecular complexity index is 465. The lowest BCUT2D eigenvalue weighted by molar-refractivity contribution is -0.438. The van der Waals surface area contributed by atoms with Crippen LogP contribution < -0.4 is 0 Å². The summed E-state index contributed by atoms with van der Waals surface area (Å²) < 4.78 is 4.11. The first-order valence-corrected chi connectivity index (χ1v) is 3.60. The maximum atomic E-state index is 10.4. The van der Waals surface area contributed by atoms with Gasteiger partial charge in [0.2, 0.25) is 4.90 Å². The largest absolute Gasteiger partial charge is 0.518 e. The molecule has 0 radical (unpaired) electrons. The summed E-state index contributed by atoms with van der Waals surface area (Å²) in [5, 5.41) is 30.9. The quantitative estimate of drug-likeness (QED) is 0.472. The number of nitro groups is 3. The molecule has 0 fully saturated rings. The van der Waals surface area contributed by atoms with Gasteiger partial charge < -0.3 is 4.42 Å². The van der Waals surface area contributed by atoms with Crippen LogP contribution in [-0.2, 0) is 0 Å². The van der Waals surface area contributed by atoms with Crippen LogP contribution in [0, 0.1) is 30.3 Å². The van der Waals surface area contributed by atoms with Gasteiger partial charge in [0.05, 0.1) is 4.92 Å². The van der Waals surface area contributed by atoms with E-state index in [4.69, 9.17) is 0 Å². The highest BCUT2D eigenvalue weighted by molar-refractivity contribution is 7.80. The van der Waals surface area contributed by atoms with E-state index in [0.29, 0.717) is 0 Å². The van der Waals surface area contributed by atoms with Crippen molar-refractivity contribution >= 4 is 30.1 Å². The summed E-state index contributed by atoms with van der Waals surface area (Å²) in [4.78, 5) is 26.5. The molecule has 1 aromatic rings. The summed E-state index contributed by atoms with van der Waals surface area (Å²) in [5.74, 6) is -2.44. The number of rotatable bonds is 3. The van der Waals surface area contributed by atoms with Crippen molar-refractivity contribution in [2.24, 2.45) is 0 Å². The molecule has 0 atom stereocenters. The second-order valence-electron chi connectivity index (χ2n) is 2.18. The first-order valence-electron chi connectivity index (χ1n) is 3.15. The lowest BCUT2D eigenvalue weighted by atomic mass is 10.5. The molecule has 0 bridgehead atoms. The Morgan fingerprint density at radius 1 is 0.933 bits per heavy atom. The Kier molecular flexibility index (Phi) is 2.57. The molecular formula is C4HN3O7S. The molecule has 15 heavy (non-hydrogen) atoms. The Morgan fingerprint density at radius 2 is 1.40 bits per heavy atom. The van der Waals surface area contributed by atoms with Crippen LogP contribution >= 0.6 is 12.6 Å². The molecular weight excluding hydrogens is 234 g/mol. The predicted molar refractivity (Wildman–Crippen MR) is 45.9 cm³/mol. The third kappa shape index (κ3) is 1.71. The summed E-state index contributed by atoms with van der Waals surface area (Å²) >= 11 is 3.42. The number of furan rings is 1. The molecule has 0 N–H and O–H groups in total. The fourth-order valence-electron chi connectivity index (χ4n) is 0.803. The van der Waals surface area contributed by atoms with E-state index >= 15 is 0 Å². The molecule has 0 spiro atoms. The van der Waals surface area contributed by atoms with Crippen LogP contribution in [0.1, 0.15) is 0 Å². The Balaban J connectivity index is 3.53. The van der Waals surface area contributed by atoms with E-state index in [2.05, 4.69) is 17.0 Å². The molecule has 1 aromatic heterocycles. The molecule has 0 amide bonds. The Morgan fingerprint density at radius 3 is 1.67 bits per heavy atom. The monoisotopic (exact) mass is 235 g/mol. The zero-order chi connectivity index (χ0) is 11.7. The SMILES string of the molecule is O=[N+]([O-])c1oc([N+](=O)[O-])c([N+](=O)[O-])c1S. The minimum Gasteiger partial charge on any atom is -0.334 e. The van der Waals surface area contributed by atoms with Crippen molar-refractivity contribution < 1.29 is 19.2 Å². The van der Waals surface area contributed by atoms with Gasteiger partial charge in [0.25, 0.3) is 0 Å². The third-order valence-electron chi connectivity index (χ3n) is 1.34. The zero-order valence-corrected chi connectivity index (χ0v) is 7.54. The molecule has 0 aliphatic carbocycles. The van der Waals surface area contributed by atoms with Gasteiger partial charge in [-0.25, -0.2) is 0 Å². The fraction of sp³-hybridized carbons (Fsp3) is 0. The van der Waals surface area contributed by atoms with Gasteiger partial charge in [0.15, 0.2) is 0 Å². The Hall–Kier alpha value is -2.17. The molecule has 1 heterocycles. The number of hydrogen-bond donors (Lipinski definition) is 1. The van der Waals surface area contributed by atoms with Gasteiger partial charge in [0.1, 0.15) is 9.85 Å². The van der Waals surface area contributed by atoms with Crippen LogP contribution in [0.25, 0.3) is 0 Å². The van der Waals surface area contributed by atoms with Crippen LogP contribution in [0.2, 0.25) is 0 Å².